The van der Waals surface area contributed by atoms with E-state index >= 15 is 0 Å². The van der Waals surface area contributed by atoms with Crippen molar-refractivity contribution in [3.05, 3.63) is 21.6 Å². The van der Waals surface area contributed by atoms with Gasteiger partial charge in [-0.1, -0.05) is 11.6 Å². The summed E-state index contributed by atoms with van der Waals surface area (Å²) < 4.78 is 11.4. The molecule has 0 aliphatic carbocycles. The molecule has 0 heterocycles. The molecule has 1 rings (SSSR count). The maximum atomic E-state index is 6.02. The number of benzene rings is 1. The lowest BCUT2D eigenvalue weighted by Gasteiger charge is -2.23. The van der Waals surface area contributed by atoms with Crippen LogP contribution >= 0.6 is 27.5 Å². The molecule has 0 aliphatic heterocycles. The molecule has 0 aromatic heterocycles. The highest BCUT2D eigenvalue weighted by Crippen LogP contribution is 2.36. The SMILES string of the molecule is COc1c(Br)cc(Cl)cc1NC(C)C(C)OC. The first-order valence-electron chi connectivity index (χ1n) is 5.32. The van der Waals surface area contributed by atoms with Gasteiger partial charge in [-0.2, -0.15) is 0 Å². The van der Waals surface area contributed by atoms with E-state index < -0.39 is 0 Å². The van der Waals surface area contributed by atoms with Gasteiger partial charge in [0.1, 0.15) is 0 Å². The van der Waals surface area contributed by atoms with E-state index in [2.05, 4.69) is 21.2 Å². The summed E-state index contributed by atoms with van der Waals surface area (Å²) in [5, 5.41) is 3.98. The quantitative estimate of drug-likeness (QED) is 0.890. The molecular formula is C12H17BrClNO2. The summed E-state index contributed by atoms with van der Waals surface area (Å²) in [7, 11) is 3.32. The van der Waals surface area contributed by atoms with Crippen molar-refractivity contribution in [1.82, 2.24) is 0 Å². The van der Waals surface area contributed by atoms with E-state index in [0.29, 0.717) is 5.02 Å². The smallest absolute Gasteiger partial charge is 0.156 e. The average molecular weight is 323 g/mol. The van der Waals surface area contributed by atoms with Crippen molar-refractivity contribution in [3.8, 4) is 5.75 Å². The van der Waals surface area contributed by atoms with Gasteiger partial charge in [-0.3, -0.25) is 0 Å². The molecule has 0 aliphatic rings. The molecule has 0 spiro atoms. The van der Waals surface area contributed by atoms with Gasteiger partial charge in [-0.15, -0.1) is 0 Å². The molecular weight excluding hydrogens is 305 g/mol. The van der Waals surface area contributed by atoms with Gasteiger partial charge >= 0.3 is 0 Å². The number of hydrogen-bond donors (Lipinski definition) is 1. The number of halogens is 2. The van der Waals surface area contributed by atoms with Crippen LogP contribution in [-0.2, 0) is 4.74 Å². The molecule has 0 saturated heterocycles. The number of methoxy groups -OCH3 is 2. The molecule has 0 radical (unpaired) electrons. The molecule has 5 heteroatoms. The van der Waals surface area contributed by atoms with E-state index in [1.165, 1.54) is 0 Å². The molecule has 0 amide bonds. The monoisotopic (exact) mass is 321 g/mol. The minimum atomic E-state index is 0.0949. The van der Waals surface area contributed by atoms with Crippen molar-refractivity contribution in [1.29, 1.82) is 0 Å². The van der Waals surface area contributed by atoms with Crippen LogP contribution in [0.4, 0.5) is 5.69 Å². The number of anilines is 1. The normalized spacial score (nSPS) is 14.2. The van der Waals surface area contributed by atoms with Crippen molar-refractivity contribution in [3.63, 3.8) is 0 Å². The molecule has 3 nitrogen and oxygen atoms in total. The third-order valence-corrected chi connectivity index (χ3v) is 3.48. The van der Waals surface area contributed by atoms with E-state index in [1.807, 2.05) is 19.9 Å². The number of nitrogens with one attached hydrogen (secondary N) is 1. The lowest BCUT2D eigenvalue weighted by Crippen LogP contribution is -2.29. The van der Waals surface area contributed by atoms with Crippen LogP contribution in [0.3, 0.4) is 0 Å². The second-order valence-electron chi connectivity index (χ2n) is 3.84. The zero-order valence-corrected chi connectivity index (χ0v) is 12.7. The molecule has 2 unspecified atom stereocenters. The van der Waals surface area contributed by atoms with Crippen molar-refractivity contribution in [2.24, 2.45) is 0 Å². The zero-order chi connectivity index (χ0) is 13.0. The third-order valence-electron chi connectivity index (χ3n) is 2.67. The number of ether oxygens (including phenoxy) is 2. The fourth-order valence-electron chi connectivity index (χ4n) is 1.44. The predicted octanol–water partition coefficient (Wildman–Crippen LogP) is 3.95. The van der Waals surface area contributed by atoms with Crippen LogP contribution in [0.5, 0.6) is 5.75 Å². The summed E-state index contributed by atoms with van der Waals surface area (Å²) in [5.74, 6) is 0.740. The highest BCUT2D eigenvalue weighted by atomic mass is 79.9. The number of hydrogen-bond acceptors (Lipinski definition) is 3. The van der Waals surface area contributed by atoms with Crippen LogP contribution in [0.2, 0.25) is 5.02 Å². The van der Waals surface area contributed by atoms with Gasteiger partial charge in [0.25, 0.3) is 0 Å². The third kappa shape index (κ3) is 3.76. The summed E-state index contributed by atoms with van der Waals surface area (Å²) in [4.78, 5) is 0. The Morgan fingerprint density at radius 2 is 1.94 bits per heavy atom. The van der Waals surface area contributed by atoms with Gasteiger partial charge in [0.05, 0.1) is 23.4 Å². The van der Waals surface area contributed by atoms with E-state index in [0.717, 1.165) is 15.9 Å². The number of rotatable bonds is 5. The largest absolute Gasteiger partial charge is 0.493 e. The Kier molecular flexibility index (Phi) is 5.56. The molecule has 1 aromatic rings. The molecule has 2 atom stereocenters. The van der Waals surface area contributed by atoms with E-state index in [4.69, 9.17) is 21.1 Å². The van der Waals surface area contributed by atoms with Crippen molar-refractivity contribution in [2.75, 3.05) is 19.5 Å². The fourth-order valence-corrected chi connectivity index (χ4v) is 2.41. The van der Waals surface area contributed by atoms with E-state index in [9.17, 15) is 0 Å². The highest BCUT2D eigenvalue weighted by molar-refractivity contribution is 9.10. The van der Waals surface area contributed by atoms with Gasteiger partial charge in [-0.25, -0.2) is 0 Å². The van der Waals surface area contributed by atoms with Gasteiger partial charge in [0, 0.05) is 18.2 Å². The topological polar surface area (TPSA) is 30.5 Å². The average Bonchev–Trinajstić information content (AvgIpc) is 2.27. The van der Waals surface area contributed by atoms with Gasteiger partial charge < -0.3 is 14.8 Å². The maximum absolute atomic E-state index is 6.02. The van der Waals surface area contributed by atoms with Crippen molar-refractivity contribution >= 4 is 33.2 Å². The van der Waals surface area contributed by atoms with Crippen molar-refractivity contribution < 1.29 is 9.47 Å². The van der Waals surface area contributed by atoms with Gasteiger partial charge in [0.2, 0.25) is 0 Å². The summed E-state index contributed by atoms with van der Waals surface area (Å²) >= 11 is 9.44. The minimum Gasteiger partial charge on any atom is -0.493 e. The maximum Gasteiger partial charge on any atom is 0.156 e. The first-order valence-corrected chi connectivity index (χ1v) is 6.49. The molecule has 0 bridgehead atoms. The van der Waals surface area contributed by atoms with Crippen LogP contribution in [0.15, 0.2) is 16.6 Å². The first-order chi connectivity index (χ1) is 7.99. The molecule has 17 heavy (non-hydrogen) atoms. The van der Waals surface area contributed by atoms with Crippen LogP contribution in [0.25, 0.3) is 0 Å². The minimum absolute atomic E-state index is 0.0949. The molecule has 0 saturated carbocycles. The Balaban J connectivity index is 2.97. The molecule has 1 N–H and O–H groups in total. The molecule has 0 fully saturated rings. The second kappa shape index (κ2) is 6.47. The summed E-state index contributed by atoms with van der Waals surface area (Å²) in [6.45, 7) is 4.05. The van der Waals surface area contributed by atoms with Crippen LogP contribution in [-0.4, -0.2) is 26.4 Å². The fraction of sp³-hybridized carbons (Fsp3) is 0.500. The molecule has 1 aromatic carbocycles. The Labute approximate surface area is 116 Å². The van der Waals surface area contributed by atoms with Crippen LogP contribution < -0.4 is 10.1 Å². The zero-order valence-electron chi connectivity index (χ0n) is 10.4. The lowest BCUT2D eigenvalue weighted by molar-refractivity contribution is 0.106. The second-order valence-corrected chi connectivity index (χ2v) is 5.13. The Morgan fingerprint density at radius 1 is 1.29 bits per heavy atom. The first kappa shape index (κ1) is 14.6. The Morgan fingerprint density at radius 3 is 2.47 bits per heavy atom. The molecule has 96 valence electrons. The summed E-state index contributed by atoms with van der Waals surface area (Å²) in [6.07, 6.45) is 0.0949. The van der Waals surface area contributed by atoms with Crippen LogP contribution in [0, 0.1) is 0 Å². The van der Waals surface area contributed by atoms with Crippen LogP contribution in [0.1, 0.15) is 13.8 Å². The highest BCUT2D eigenvalue weighted by Gasteiger charge is 2.15. The summed E-state index contributed by atoms with van der Waals surface area (Å²) in [6, 6.07) is 3.79. The summed E-state index contributed by atoms with van der Waals surface area (Å²) in [5.41, 5.74) is 0.850. The van der Waals surface area contributed by atoms with E-state index in [1.54, 1.807) is 20.3 Å². The van der Waals surface area contributed by atoms with Crippen molar-refractivity contribution in [2.45, 2.75) is 26.0 Å². The lowest BCUT2D eigenvalue weighted by atomic mass is 10.2. The predicted molar refractivity (Wildman–Crippen MR) is 75.3 cm³/mol. The Hall–Kier alpha value is -0.450. The van der Waals surface area contributed by atoms with Gasteiger partial charge in [0.15, 0.2) is 5.75 Å². The standard InChI is InChI=1S/C12H17BrClNO2/c1-7(8(2)16-3)15-11-6-9(14)5-10(13)12(11)17-4/h5-8,15H,1-4H3. The Bertz CT molecular complexity index is 387. The van der Waals surface area contributed by atoms with Gasteiger partial charge in [-0.05, 0) is 41.9 Å². The van der Waals surface area contributed by atoms with E-state index in [-0.39, 0.29) is 12.1 Å².